The van der Waals surface area contributed by atoms with E-state index in [0.717, 1.165) is 29.7 Å². The molecule has 0 aromatic heterocycles. The van der Waals surface area contributed by atoms with Crippen molar-refractivity contribution in [2.24, 2.45) is 0 Å². The number of carbonyl (C=O) groups is 1. The first-order valence-corrected chi connectivity index (χ1v) is 7.82. The van der Waals surface area contributed by atoms with Crippen LogP contribution in [0.15, 0.2) is 24.3 Å². The largest absolute Gasteiger partial charge is 0.490 e. The van der Waals surface area contributed by atoms with Crippen LogP contribution in [0, 0.1) is 6.92 Å². The number of rotatable bonds is 5. The van der Waals surface area contributed by atoms with Gasteiger partial charge in [0.1, 0.15) is 5.75 Å². The van der Waals surface area contributed by atoms with E-state index < -0.39 is 5.97 Å². The molecule has 0 saturated heterocycles. The van der Waals surface area contributed by atoms with Crippen LogP contribution in [0.1, 0.15) is 43.2 Å². The van der Waals surface area contributed by atoms with E-state index in [1.165, 1.54) is 32.4 Å². The standard InChI is InChI=1S/C18H24O4/c1-13-8-9-15(22-14-6-4-3-5-7-14)12-17(13)16(10-11-19)18(20)21-2/h8-10,12,14,19H,3-7,11H2,1-2H3/b16-10+. The summed E-state index contributed by atoms with van der Waals surface area (Å²) in [4.78, 5) is 11.9. The molecule has 1 aliphatic rings. The van der Waals surface area contributed by atoms with E-state index in [0.29, 0.717) is 5.57 Å². The summed E-state index contributed by atoms with van der Waals surface area (Å²) in [5, 5.41) is 9.15. The Morgan fingerprint density at radius 3 is 2.68 bits per heavy atom. The molecule has 1 saturated carbocycles. The molecule has 0 spiro atoms. The molecule has 4 nitrogen and oxygen atoms in total. The Bertz CT molecular complexity index is 542. The summed E-state index contributed by atoms with van der Waals surface area (Å²) in [5.41, 5.74) is 2.06. The van der Waals surface area contributed by atoms with E-state index >= 15 is 0 Å². The molecule has 1 aromatic carbocycles. The Hall–Kier alpha value is -1.81. The first-order valence-electron chi connectivity index (χ1n) is 7.82. The summed E-state index contributed by atoms with van der Waals surface area (Å²) in [6, 6.07) is 5.73. The second-order valence-corrected chi connectivity index (χ2v) is 5.65. The summed E-state index contributed by atoms with van der Waals surface area (Å²) in [6.07, 6.45) is 7.60. The van der Waals surface area contributed by atoms with Crippen molar-refractivity contribution in [1.82, 2.24) is 0 Å². The molecule has 1 N–H and O–H groups in total. The minimum absolute atomic E-state index is 0.211. The molecule has 0 aliphatic heterocycles. The maximum absolute atomic E-state index is 11.9. The highest BCUT2D eigenvalue weighted by atomic mass is 16.5. The second kappa shape index (κ2) is 7.99. The topological polar surface area (TPSA) is 55.8 Å². The molecule has 0 atom stereocenters. The van der Waals surface area contributed by atoms with E-state index in [2.05, 4.69) is 0 Å². The van der Waals surface area contributed by atoms with Gasteiger partial charge in [-0.3, -0.25) is 0 Å². The lowest BCUT2D eigenvalue weighted by Crippen LogP contribution is -2.19. The zero-order valence-corrected chi connectivity index (χ0v) is 13.3. The Labute approximate surface area is 131 Å². The number of aliphatic hydroxyl groups excluding tert-OH is 1. The average Bonchev–Trinajstić information content (AvgIpc) is 2.55. The van der Waals surface area contributed by atoms with E-state index in [9.17, 15) is 4.79 Å². The molecule has 2 rings (SSSR count). The van der Waals surface area contributed by atoms with E-state index in [4.69, 9.17) is 14.6 Å². The van der Waals surface area contributed by atoms with Crippen molar-refractivity contribution in [3.8, 4) is 5.75 Å². The van der Waals surface area contributed by atoms with Crippen LogP contribution in [-0.2, 0) is 9.53 Å². The highest BCUT2D eigenvalue weighted by Gasteiger charge is 2.18. The van der Waals surface area contributed by atoms with Crippen LogP contribution in [0.5, 0.6) is 5.75 Å². The molecule has 120 valence electrons. The van der Waals surface area contributed by atoms with Crippen molar-refractivity contribution in [3.63, 3.8) is 0 Å². The lowest BCUT2D eigenvalue weighted by Gasteiger charge is -2.23. The number of ether oxygens (including phenoxy) is 2. The number of methoxy groups -OCH3 is 1. The van der Waals surface area contributed by atoms with Crippen molar-refractivity contribution >= 4 is 11.5 Å². The van der Waals surface area contributed by atoms with Crippen LogP contribution in [0.4, 0.5) is 0 Å². The second-order valence-electron chi connectivity index (χ2n) is 5.65. The van der Waals surface area contributed by atoms with E-state index in [1.807, 2.05) is 25.1 Å². The van der Waals surface area contributed by atoms with Crippen LogP contribution in [0.25, 0.3) is 5.57 Å². The molecule has 0 bridgehead atoms. The predicted octanol–water partition coefficient (Wildman–Crippen LogP) is 3.26. The average molecular weight is 304 g/mol. The van der Waals surface area contributed by atoms with Crippen LogP contribution < -0.4 is 4.74 Å². The van der Waals surface area contributed by atoms with Gasteiger partial charge >= 0.3 is 5.97 Å². The number of hydrogen-bond acceptors (Lipinski definition) is 4. The molecule has 0 heterocycles. The molecule has 4 heteroatoms. The highest BCUT2D eigenvalue weighted by Crippen LogP contribution is 2.28. The van der Waals surface area contributed by atoms with Crippen LogP contribution in [0.3, 0.4) is 0 Å². The summed E-state index contributed by atoms with van der Waals surface area (Å²) in [5.74, 6) is 0.312. The highest BCUT2D eigenvalue weighted by molar-refractivity contribution is 6.16. The minimum atomic E-state index is -0.452. The first-order chi connectivity index (χ1) is 10.7. The molecule has 0 radical (unpaired) electrons. The monoisotopic (exact) mass is 304 g/mol. The predicted molar refractivity (Wildman–Crippen MR) is 85.8 cm³/mol. The number of aryl methyl sites for hydroxylation is 1. The molecule has 22 heavy (non-hydrogen) atoms. The van der Waals surface area contributed by atoms with Crippen molar-refractivity contribution < 1.29 is 19.4 Å². The van der Waals surface area contributed by atoms with Gasteiger partial charge in [-0.05, 0) is 61.9 Å². The van der Waals surface area contributed by atoms with Crippen molar-refractivity contribution in [3.05, 3.63) is 35.4 Å². The van der Waals surface area contributed by atoms with Crippen LogP contribution in [0.2, 0.25) is 0 Å². The third kappa shape index (κ3) is 4.10. The zero-order chi connectivity index (χ0) is 15.9. The number of benzene rings is 1. The lowest BCUT2D eigenvalue weighted by molar-refractivity contribution is -0.133. The van der Waals surface area contributed by atoms with Crippen molar-refractivity contribution in [2.75, 3.05) is 13.7 Å². The molecule has 0 amide bonds. The quantitative estimate of drug-likeness (QED) is 0.670. The smallest absolute Gasteiger partial charge is 0.338 e. The van der Waals surface area contributed by atoms with Gasteiger partial charge in [0.15, 0.2) is 0 Å². The maximum atomic E-state index is 11.9. The summed E-state index contributed by atoms with van der Waals surface area (Å²) in [6.45, 7) is 1.71. The summed E-state index contributed by atoms with van der Waals surface area (Å²) >= 11 is 0. The maximum Gasteiger partial charge on any atom is 0.338 e. The van der Waals surface area contributed by atoms with Gasteiger partial charge in [0.2, 0.25) is 0 Å². The Morgan fingerprint density at radius 1 is 1.32 bits per heavy atom. The minimum Gasteiger partial charge on any atom is -0.490 e. The zero-order valence-electron chi connectivity index (χ0n) is 13.3. The van der Waals surface area contributed by atoms with Gasteiger partial charge < -0.3 is 14.6 Å². The molecule has 1 aromatic rings. The van der Waals surface area contributed by atoms with Crippen LogP contribution in [-0.4, -0.2) is 30.9 Å². The van der Waals surface area contributed by atoms with Crippen molar-refractivity contribution in [1.29, 1.82) is 0 Å². The number of esters is 1. The number of aliphatic hydroxyl groups is 1. The Morgan fingerprint density at radius 2 is 2.05 bits per heavy atom. The first kappa shape index (κ1) is 16.6. The van der Waals surface area contributed by atoms with Gasteiger partial charge in [-0.1, -0.05) is 12.5 Å². The van der Waals surface area contributed by atoms with Gasteiger partial charge in [0, 0.05) is 0 Å². The third-order valence-corrected chi connectivity index (χ3v) is 4.05. The number of hydrogen-bond donors (Lipinski definition) is 1. The molecule has 1 fully saturated rings. The molecular weight excluding hydrogens is 280 g/mol. The molecular formula is C18H24O4. The van der Waals surface area contributed by atoms with Gasteiger partial charge in [-0.25, -0.2) is 4.79 Å². The molecule has 1 aliphatic carbocycles. The fourth-order valence-electron chi connectivity index (χ4n) is 2.84. The fourth-order valence-corrected chi connectivity index (χ4v) is 2.84. The number of carbonyl (C=O) groups excluding carboxylic acids is 1. The third-order valence-electron chi connectivity index (χ3n) is 4.05. The van der Waals surface area contributed by atoms with E-state index in [1.54, 1.807) is 0 Å². The lowest BCUT2D eigenvalue weighted by atomic mass is 9.97. The van der Waals surface area contributed by atoms with Gasteiger partial charge in [-0.15, -0.1) is 0 Å². The normalized spacial score (nSPS) is 16.4. The Kier molecular flexibility index (Phi) is 6.01. The van der Waals surface area contributed by atoms with Crippen LogP contribution >= 0.6 is 0 Å². The van der Waals surface area contributed by atoms with E-state index in [-0.39, 0.29) is 12.7 Å². The molecule has 0 unspecified atom stereocenters. The van der Waals surface area contributed by atoms with Gasteiger partial charge in [0.25, 0.3) is 0 Å². The van der Waals surface area contributed by atoms with Crippen molar-refractivity contribution in [2.45, 2.75) is 45.1 Å². The SMILES string of the molecule is COC(=O)/C(=C/CO)c1cc(OC2CCCCC2)ccc1C. The fraction of sp³-hybridized carbons (Fsp3) is 0.500. The Balaban J connectivity index is 2.25. The summed E-state index contributed by atoms with van der Waals surface area (Å²) in [7, 11) is 1.34. The van der Waals surface area contributed by atoms with Gasteiger partial charge in [-0.2, -0.15) is 0 Å². The summed E-state index contributed by atoms with van der Waals surface area (Å²) < 4.78 is 10.9. The van der Waals surface area contributed by atoms with Gasteiger partial charge in [0.05, 0.1) is 25.4 Å².